The van der Waals surface area contributed by atoms with Crippen LogP contribution < -0.4 is 4.74 Å². The molecule has 0 spiro atoms. The number of rotatable bonds is 1. The van der Waals surface area contributed by atoms with Gasteiger partial charge in [-0.15, -0.1) is 0 Å². The van der Waals surface area contributed by atoms with Crippen LogP contribution in [-0.4, -0.2) is 12.1 Å². The average Bonchev–Trinajstić information content (AvgIpc) is 2.24. The van der Waals surface area contributed by atoms with Crippen molar-refractivity contribution in [2.24, 2.45) is 0 Å². The maximum absolute atomic E-state index is 6.00. The van der Waals surface area contributed by atoms with Crippen LogP contribution in [0.15, 0.2) is 22.8 Å². The van der Waals surface area contributed by atoms with Gasteiger partial charge in [-0.05, 0) is 34.5 Å². The van der Waals surface area contributed by atoms with Crippen LogP contribution in [0.2, 0.25) is 5.02 Å². The van der Waals surface area contributed by atoms with Gasteiger partial charge < -0.3 is 4.74 Å². The smallest absolute Gasteiger partial charge is 0.145 e. The van der Waals surface area contributed by atoms with Gasteiger partial charge in [0, 0.05) is 16.1 Å². The zero-order chi connectivity index (χ0) is 11.0. The molecule has 2 aromatic rings. The molecule has 1 aromatic carbocycles. The number of nitrogens with zero attached hydrogens (tertiary/aromatic N) is 1. The van der Waals surface area contributed by atoms with Gasteiger partial charge >= 0.3 is 0 Å². The van der Waals surface area contributed by atoms with Gasteiger partial charge in [-0.25, -0.2) is 0 Å². The predicted octanol–water partition coefficient (Wildman–Crippen LogP) is 3.97. The van der Waals surface area contributed by atoms with Crippen molar-refractivity contribution in [2.75, 3.05) is 7.11 Å². The highest BCUT2D eigenvalue weighted by Gasteiger charge is 2.10. The fourth-order valence-electron chi connectivity index (χ4n) is 1.54. The van der Waals surface area contributed by atoms with Crippen LogP contribution in [0.1, 0.15) is 5.56 Å². The summed E-state index contributed by atoms with van der Waals surface area (Å²) in [4.78, 5) is 4.29. The second-order valence-corrected chi connectivity index (χ2v) is 4.43. The molecule has 0 saturated heterocycles. The van der Waals surface area contributed by atoms with Crippen molar-refractivity contribution in [1.29, 1.82) is 0 Å². The molecule has 0 aliphatic heterocycles. The summed E-state index contributed by atoms with van der Waals surface area (Å²) in [6, 6.07) is 3.90. The first-order chi connectivity index (χ1) is 7.15. The van der Waals surface area contributed by atoms with E-state index in [-0.39, 0.29) is 0 Å². The fraction of sp³-hybridized carbons (Fsp3) is 0.182. The third-order valence-corrected chi connectivity index (χ3v) is 3.64. The highest BCUT2D eigenvalue weighted by molar-refractivity contribution is 9.10. The number of ether oxygens (including phenoxy) is 1. The van der Waals surface area contributed by atoms with Crippen molar-refractivity contribution >= 4 is 38.4 Å². The minimum absolute atomic E-state index is 0.610. The number of fused-ring (bicyclic) bond motifs is 1. The molecule has 0 aliphatic carbocycles. The number of hydrogen-bond donors (Lipinski definition) is 0. The Hall–Kier alpha value is -0.800. The van der Waals surface area contributed by atoms with Crippen molar-refractivity contribution in [3.05, 3.63) is 33.4 Å². The SMILES string of the molecule is COc1ccc(C)c2c(Br)c(Cl)cnc12. The van der Waals surface area contributed by atoms with Crippen LogP contribution in [0.5, 0.6) is 5.75 Å². The van der Waals surface area contributed by atoms with Crippen molar-refractivity contribution in [3.63, 3.8) is 0 Å². The third kappa shape index (κ3) is 1.70. The van der Waals surface area contributed by atoms with Crippen molar-refractivity contribution in [3.8, 4) is 5.75 Å². The first-order valence-electron chi connectivity index (χ1n) is 4.42. The maximum atomic E-state index is 6.00. The van der Waals surface area contributed by atoms with Gasteiger partial charge in [0.05, 0.1) is 12.1 Å². The van der Waals surface area contributed by atoms with Crippen LogP contribution >= 0.6 is 27.5 Å². The van der Waals surface area contributed by atoms with Crippen LogP contribution in [0.4, 0.5) is 0 Å². The molecule has 0 radical (unpaired) electrons. The minimum atomic E-state index is 0.610. The Bertz CT molecular complexity index is 527. The molecule has 0 atom stereocenters. The molecular formula is C11H9BrClNO. The summed E-state index contributed by atoms with van der Waals surface area (Å²) >= 11 is 9.47. The second-order valence-electron chi connectivity index (χ2n) is 3.23. The molecule has 1 heterocycles. The molecular weight excluding hydrogens is 277 g/mol. The molecule has 0 saturated carbocycles. The number of methoxy groups -OCH3 is 1. The standard InChI is InChI=1S/C11H9BrClNO/c1-6-3-4-8(15-2)11-9(6)10(12)7(13)5-14-11/h3-5H,1-2H3. The Morgan fingerprint density at radius 2 is 2.13 bits per heavy atom. The number of pyridine rings is 1. The van der Waals surface area contributed by atoms with Gasteiger partial charge in [0.1, 0.15) is 11.3 Å². The van der Waals surface area contributed by atoms with Crippen molar-refractivity contribution < 1.29 is 4.74 Å². The number of benzene rings is 1. The highest BCUT2D eigenvalue weighted by Crippen LogP contribution is 2.35. The number of aryl methyl sites for hydroxylation is 1. The van der Waals surface area contributed by atoms with E-state index < -0.39 is 0 Å². The largest absolute Gasteiger partial charge is 0.494 e. The highest BCUT2D eigenvalue weighted by atomic mass is 79.9. The molecule has 78 valence electrons. The molecule has 0 amide bonds. The van der Waals surface area contributed by atoms with Crippen LogP contribution in [0.25, 0.3) is 10.9 Å². The topological polar surface area (TPSA) is 22.1 Å². The van der Waals surface area contributed by atoms with Crippen LogP contribution in [-0.2, 0) is 0 Å². The first kappa shape index (κ1) is 10.7. The van der Waals surface area contributed by atoms with Gasteiger partial charge in [0.2, 0.25) is 0 Å². The zero-order valence-corrected chi connectivity index (χ0v) is 10.7. The summed E-state index contributed by atoms with van der Waals surface area (Å²) in [6.45, 7) is 2.02. The lowest BCUT2D eigenvalue weighted by molar-refractivity contribution is 0.419. The quantitative estimate of drug-likeness (QED) is 0.791. The van der Waals surface area contributed by atoms with Crippen molar-refractivity contribution in [2.45, 2.75) is 6.92 Å². The molecule has 1 aromatic heterocycles. The van der Waals surface area contributed by atoms with Crippen LogP contribution in [0.3, 0.4) is 0 Å². The number of hydrogen-bond acceptors (Lipinski definition) is 2. The van der Waals surface area contributed by atoms with E-state index in [4.69, 9.17) is 16.3 Å². The van der Waals surface area contributed by atoms with Gasteiger partial charge in [-0.1, -0.05) is 17.7 Å². The molecule has 0 unspecified atom stereocenters. The van der Waals surface area contributed by atoms with Gasteiger partial charge in [-0.3, -0.25) is 4.98 Å². The van der Waals surface area contributed by atoms with E-state index in [9.17, 15) is 0 Å². The first-order valence-corrected chi connectivity index (χ1v) is 5.59. The van der Waals surface area contributed by atoms with E-state index >= 15 is 0 Å². The minimum Gasteiger partial charge on any atom is -0.494 e. The van der Waals surface area contributed by atoms with E-state index in [1.807, 2.05) is 19.1 Å². The summed E-state index contributed by atoms with van der Waals surface area (Å²) in [5, 5.41) is 1.61. The van der Waals surface area contributed by atoms with E-state index in [0.29, 0.717) is 5.02 Å². The Morgan fingerprint density at radius 1 is 1.40 bits per heavy atom. The van der Waals surface area contributed by atoms with Gasteiger partial charge in [-0.2, -0.15) is 0 Å². The van der Waals surface area contributed by atoms with Crippen LogP contribution in [0, 0.1) is 6.92 Å². The fourth-order valence-corrected chi connectivity index (χ4v) is 2.29. The Balaban J connectivity index is 2.93. The van der Waals surface area contributed by atoms with E-state index in [2.05, 4.69) is 20.9 Å². The predicted molar refractivity (Wildman–Crippen MR) is 65.7 cm³/mol. The molecule has 0 fully saturated rings. The summed E-state index contributed by atoms with van der Waals surface area (Å²) in [5.41, 5.74) is 1.95. The number of halogens is 2. The molecule has 0 aliphatic rings. The van der Waals surface area contributed by atoms with E-state index in [1.54, 1.807) is 13.3 Å². The number of aromatic nitrogens is 1. The lowest BCUT2D eigenvalue weighted by atomic mass is 10.1. The molecule has 0 N–H and O–H groups in total. The van der Waals surface area contributed by atoms with Crippen molar-refractivity contribution in [1.82, 2.24) is 4.98 Å². The lowest BCUT2D eigenvalue weighted by Crippen LogP contribution is -1.90. The van der Waals surface area contributed by atoms with E-state index in [1.165, 1.54) is 0 Å². The maximum Gasteiger partial charge on any atom is 0.145 e. The molecule has 2 nitrogen and oxygen atoms in total. The third-order valence-electron chi connectivity index (χ3n) is 2.31. The molecule has 4 heteroatoms. The zero-order valence-electron chi connectivity index (χ0n) is 8.34. The molecule has 2 rings (SSSR count). The Morgan fingerprint density at radius 3 is 2.80 bits per heavy atom. The van der Waals surface area contributed by atoms with Gasteiger partial charge in [0.15, 0.2) is 0 Å². The Kier molecular flexibility index (Phi) is 2.85. The average molecular weight is 287 g/mol. The lowest BCUT2D eigenvalue weighted by Gasteiger charge is -2.09. The summed E-state index contributed by atoms with van der Waals surface area (Å²) < 4.78 is 6.12. The second kappa shape index (κ2) is 3.99. The normalized spacial score (nSPS) is 10.7. The molecule has 15 heavy (non-hydrogen) atoms. The summed E-state index contributed by atoms with van der Waals surface area (Å²) in [7, 11) is 1.63. The molecule has 0 bridgehead atoms. The summed E-state index contributed by atoms with van der Waals surface area (Å²) in [5.74, 6) is 0.757. The van der Waals surface area contributed by atoms with Gasteiger partial charge in [0.25, 0.3) is 0 Å². The summed E-state index contributed by atoms with van der Waals surface area (Å²) in [6.07, 6.45) is 1.62. The Labute approximate surface area is 101 Å². The van der Waals surface area contributed by atoms with E-state index in [0.717, 1.165) is 26.7 Å². The monoisotopic (exact) mass is 285 g/mol.